The number of piperidine rings is 1. The largest absolute Gasteiger partial charge is 0.243 e. The van der Waals surface area contributed by atoms with Crippen molar-refractivity contribution >= 4 is 20.0 Å². The SMILES string of the molecule is CN(C)S(=O)(=O)c1ccc(S(=O)(=O)N2CCCC3(CCCCC3)C2)cc1. The molecular weight excluding hydrogens is 372 g/mol. The maximum absolute atomic E-state index is 13.1. The summed E-state index contributed by atoms with van der Waals surface area (Å²) in [5.41, 5.74) is 0.137. The maximum atomic E-state index is 13.1. The Kier molecular flexibility index (Phi) is 5.50. The van der Waals surface area contributed by atoms with Crippen molar-refractivity contribution in [2.45, 2.75) is 54.7 Å². The second-order valence-corrected chi connectivity index (χ2v) is 11.9. The summed E-state index contributed by atoms with van der Waals surface area (Å²) in [4.78, 5) is 0.270. The molecule has 0 N–H and O–H groups in total. The predicted octanol–water partition coefficient (Wildman–Crippen LogP) is 2.67. The number of hydrogen-bond acceptors (Lipinski definition) is 4. The lowest BCUT2D eigenvalue weighted by Crippen LogP contribution is -2.46. The summed E-state index contributed by atoms with van der Waals surface area (Å²) in [5.74, 6) is 0. The van der Waals surface area contributed by atoms with Crippen molar-refractivity contribution in [2.24, 2.45) is 5.41 Å². The average Bonchev–Trinajstić information content (AvgIpc) is 2.62. The highest BCUT2D eigenvalue weighted by Gasteiger charge is 2.40. The first-order chi connectivity index (χ1) is 12.2. The van der Waals surface area contributed by atoms with E-state index in [2.05, 4.69) is 0 Å². The maximum Gasteiger partial charge on any atom is 0.243 e. The molecule has 6 nitrogen and oxygen atoms in total. The van der Waals surface area contributed by atoms with Crippen molar-refractivity contribution in [3.63, 3.8) is 0 Å². The lowest BCUT2D eigenvalue weighted by atomic mass is 9.70. The van der Waals surface area contributed by atoms with Gasteiger partial charge in [0.05, 0.1) is 9.79 Å². The first kappa shape index (κ1) is 19.8. The number of sulfonamides is 2. The van der Waals surface area contributed by atoms with Crippen molar-refractivity contribution in [1.82, 2.24) is 8.61 Å². The van der Waals surface area contributed by atoms with Crippen LogP contribution in [0.15, 0.2) is 34.1 Å². The number of nitrogens with zero attached hydrogens (tertiary/aromatic N) is 2. The summed E-state index contributed by atoms with van der Waals surface area (Å²) in [7, 11) is -4.24. The summed E-state index contributed by atoms with van der Waals surface area (Å²) in [5, 5.41) is 0. The molecule has 1 aromatic carbocycles. The molecule has 1 saturated heterocycles. The monoisotopic (exact) mass is 400 g/mol. The van der Waals surface area contributed by atoms with Gasteiger partial charge in [0.15, 0.2) is 0 Å². The zero-order chi connectivity index (χ0) is 19.0. The molecule has 0 aromatic heterocycles. The Hall–Kier alpha value is -0.960. The van der Waals surface area contributed by atoms with Gasteiger partial charge in [-0.2, -0.15) is 4.31 Å². The van der Waals surface area contributed by atoms with Gasteiger partial charge in [0.1, 0.15) is 0 Å². The first-order valence-electron chi connectivity index (χ1n) is 9.20. The van der Waals surface area contributed by atoms with E-state index in [0.29, 0.717) is 13.1 Å². The van der Waals surface area contributed by atoms with Crippen molar-refractivity contribution in [3.8, 4) is 0 Å². The molecule has 0 unspecified atom stereocenters. The van der Waals surface area contributed by atoms with Crippen molar-refractivity contribution in [3.05, 3.63) is 24.3 Å². The van der Waals surface area contributed by atoms with Gasteiger partial charge >= 0.3 is 0 Å². The van der Waals surface area contributed by atoms with Crippen LogP contribution in [0.2, 0.25) is 0 Å². The van der Waals surface area contributed by atoms with Crippen molar-refractivity contribution in [1.29, 1.82) is 0 Å². The highest BCUT2D eigenvalue weighted by Crippen LogP contribution is 2.44. The minimum atomic E-state index is -3.59. The molecule has 1 spiro atoms. The Morgan fingerprint density at radius 1 is 0.846 bits per heavy atom. The Morgan fingerprint density at radius 2 is 1.38 bits per heavy atom. The zero-order valence-electron chi connectivity index (χ0n) is 15.5. The fourth-order valence-electron chi connectivity index (χ4n) is 4.22. The minimum absolute atomic E-state index is 0.101. The summed E-state index contributed by atoms with van der Waals surface area (Å²) in [6.07, 6.45) is 7.84. The lowest BCUT2D eigenvalue weighted by molar-refractivity contribution is 0.0965. The number of hydrogen-bond donors (Lipinski definition) is 0. The van der Waals surface area contributed by atoms with Crippen LogP contribution in [0.1, 0.15) is 44.9 Å². The standard InChI is InChI=1S/C18H28N2O4S2/c1-19(2)25(21,22)16-7-9-17(10-8-16)26(23,24)20-14-6-13-18(15-20)11-4-3-5-12-18/h7-10H,3-6,11-15H2,1-2H3. The second-order valence-electron chi connectivity index (χ2n) is 7.76. The van der Waals surface area contributed by atoms with Crippen molar-refractivity contribution < 1.29 is 16.8 Å². The molecule has 1 aromatic rings. The van der Waals surface area contributed by atoms with Gasteiger partial charge in [-0.05, 0) is 55.4 Å². The average molecular weight is 401 g/mol. The van der Waals surface area contributed by atoms with Gasteiger partial charge in [0, 0.05) is 27.2 Å². The number of rotatable bonds is 4. The molecule has 0 bridgehead atoms. The molecule has 0 amide bonds. The molecule has 1 saturated carbocycles. The van der Waals surface area contributed by atoms with Gasteiger partial charge in [-0.15, -0.1) is 0 Å². The molecule has 8 heteroatoms. The fourth-order valence-corrected chi connectivity index (χ4v) is 6.71. The third kappa shape index (κ3) is 3.69. The Morgan fingerprint density at radius 3 is 1.96 bits per heavy atom. The third-order valence-electron chi connectivity index (χ3n) is 5.78. The summed E-state index contributed by atoms with van der Waals surface area (Å²) in [6.45, 7) is 1.13. The minimum Gasteiger partial charge on any atom is -0.207 e. The summed E-state index contributed by atoms with van der Waals surface area (Å²) in [6, 6.07) is 5.58. The molecule has 1 aliphatic heterocycles. The van der Waals surface area contributed by atoms with Gasteiger partial charge in [-0.3, -0.25) is 0 Å². The normalized spacial score (nSPS) is 22.0. The van der Waals surface area contributed by atoms with Crippen LogP contribution in [-0.2, 0) is 20.0 Å². The topological polar surface area (TPSA) is 74.8 Å². The molecule has 3 rings (SSSR count). The smallest absolute Gasteiger partial charge is 0.207 e. The van der Waals surface area contributed by atoms with E-state index in [9.17, 15) is 16.8 Å². The van der Waals surface area contributed by atoms with Crippen LogP contribution >= 0.6 is 0 Å². The van der Waals surface area contributed by atoms with Gasteiger partial charge in [0.25, 0.3) is 0 Å². The van der Waals surface area contributed by atoms with Crippen LogP contribution in [0.5, 0.6) is 0 Å². The lowest BCUT2D eigenvalue weighted by Gasteiger charge is -2.44. The second kappa shape index (κ2) is 7.22. The first-order valence-corrected chi connectivity index (χ1v) is 12.1. The van der Waals surface area contributed by atoms with E-state index in [0.717, 1.165) is 30.0 Å². The highest BCUT2D eigenvalue weighted by atomic mass is 32.2. The molecule has 146 valence electrons. The summed E-state index contributed by atoms with van der Waals surface area (Å²) < 4.78 is 53.2. The van der Waals surface area contributed by atoms with Crippen molar-refractivity contribution in [2.75, 3.05) is 27.2 Å². The van der Waals surface area contributed by atoms with Crippen LogP contribution in [0.3, 0.4) is 0 Å². The predicted molar refractivity (Wildman–Crippen MR) is 101 cm³/mol. The quantitative estimate of drug-likeness (QED) is 0.779. The molecule has 1 heterocycles. The van der Waals surface area contributed by atoms with Gasteiger partial charge < -0.3 is 0 Å². The van der Waals surface area contributed by atoms with E-state index in [1.807, 2.05) is 0 Å². The Labute approximate surface area is 157 Å². The molecule has 26 heavy (non-hydrogen) atoms. The highest BCUT2D eigenvalue weighted by molar-refractivity contribution is 7.89. The van der Waals surface area contributed by atoms with E-state index in [-0.39, 0.29) is 15.2 Å². The molecule has 0 radical (unpaired) electrons. The van der Waals surface area contributed by atoms with Crippen LogP contribution in [-0.4, -0.2) is 52.6 Å². The summed E-state index contributed by atoms with van der Waals surface area (Å²) >= 11 is 0. The molecular formula is C18H28N2O4S2. The van der Waals surface area contributed by atoms with Crippen LogP contribution in [0.4, 0.5) is 0 Å². The van der Waals surface area contributed by atoms with Gasteiger partial charge in [0.2, 0.25) is 20.0 Å². The number of benzene rings is 1. The van der Waals surface area contributed by atoms with Crippen LogP contribution < -0.4 is 0 Å². The van der Waals surface area contributed by atoms with E-state index in [1.54, 1.807) is 4.31 Å². The third-order valence-corrected chi connectivity index (χ3v) is 9.47. The van der Waals surface area contributed by atoms with Gasteiger partial charge in [-0.25, -0.2) is 21.1 Å². The fraction of sp³-hybridized carbons (Fsp3) is 0.667. The van der Waals surface area contributed by atoms with E-state index in [4.69, 9.17) is 0 Å². The Bertz CT molecular complexity index is 834. The van der Waals surface area contributed by atoms with E-state index >= 15 is 0 Å². The van der Waals surface area contributed by atoms with Crippen LogP contribution in [0, 0.1) is 5.41 Å². The van der Waals surface area contributed by atoms with E-state index in [1.165, 1.54) is 57.6 Å². The molecule has 0 atom stereocenters. The van der Waals surface area contributed by atoms with Crippen LogP contribution in [0.25, 0.3) is 0 Å². The van der Waals surface area contributed by atoms with E-state index < -0.39 is 20.0 Å². The molecule has 1 aliphatic carbocycles. The Balaban J connectivity index is 1.84. The molecule has 2 fully saturated rings. The molecule has 2 aliphatic rings. The van der Waals surface area contributed by atoms with Gasteiger partial charge in [-0.1, -0.05) is 19.3 Å². The zero-order valence-corrected chi connectivity index (χ0v) is 17.2.